The van der Waals surface area contributed by atoms with E-state index in [-0.39, 0.29) is 6.09 Å². The molecule has 1 amide bonds. The summed E-state index contributed by atoms with van der Waals surface area (Å²) in [6.07, 6.45) is 0.617. The van der Waals surface area contributed by atoms with Crippen LogP contribution in [-0.2, 0) is 29.0 Å². The van der Waals surface area contributed by atoms with Gasteiger partial charge < -0.3 is 25.0 Å². The highest BCUT2D eigenvalue weighted by atomic mass is 32.1. The number of fused-ring (bicyclic) bond motifs is 1. The van der Waals surface area contributed by atoms with Gasteiger partial charge in [0.2, 0.25) is 0 Å². The van der Waals surface area contributed by atoms with Crippen molar-refractivity contribution in [1.29, 1.82) is 0 Å². The largest absolute Gasteiger partial charge is 0.444 e. The Morgan fingerprint density at radius 2 is 2.00 bits per heavy atom. The standard InChI is InChI=1S/C17H27N3O3S/c1-17(2,3)23-16(21)20-5-4-12-13(10-18)15(24-14(12)11-20)19-6-8-22-9-7-19/h4-11,18H2,1-3H3. The molecule has 0 radical (unpaired) electrons. The van der Waals surface area contributed by atoms with E-state index in [1.807, 2.05) is 20.8 Å². The van der Waals surface area contributed by atoms with Gasteiger partial charge in [0.25, 0.3) is 0 Å². The molecule has 2 aliphatic rings. The molecule has 0 saturated carbocycles. The van der Waals surface area contributed by atoms with Crippen molar-refractivity contribution < 1.29 is 14.3 Å². The summed E-state index contributed by atoms with van der Waals surface area (Å²) in [6.45, 7) is 10.9. The monoisotopic (exact) mass is 353 g/mol. The lowest BCUT2D eigenvalue weighted by Crippen LogP contribution is -2.39. The summed E-state index contributed by atoms with van der Waals surface area (Å²) in [5.74, 6) is 0. The molecule has 0 unspecified atom stereocenters. The van der Waals surface area contributed by atoms with Crippen molar-refractivity contribution in [2.75, 3.05) is 37.7 Å². The molecule has 24 heavy (non-hydrogen) atoms. The number of ether oxygens (including phenoxy) is 2. The van der Waals surface area contributed by atoms with Crippen molar-refractivity contribution in [1.82, 2.24) is 4.90 Å². The number of amides is 1. The Morgan fingerprint density at radius 3 is 2.62 bits per heavy atom. The molecule has 1 saturated heterocycles. The van der Waals surface area contributed by atoms with Gasteiger partial charge >= 0.3 is 6.09 Å². The van der Waals surface area contributed by atoms with Crippen molar-refractivity contribution >= 4 is 22.4 Å². The van der Waals surface area contributed by atoms with Crippen LogP contribution in [0.15, 0.2) is 0 Å². The maximum atomic E-state index is 12.3. The quantitative estimate of drug-likeness (QED) is 0.884. The van der Waals surface area contributed by atoms with Crippen LogP contribution >= 0.6 is 11.3 Å². The Morgan fingerprint density at radius 1 is 1.29 bits per heavy atom. The second-order valence-corrected chi connectivity index (χ2v) is 8.33. The van der Waals surface area contributed by atoms with Gasteiger partial charge in [-0.1, -0.05) is 0 Å². The Balaban J connectivity index is 1.79. The van der Waals surface area contributed by atoms with Crippen molar-refractivity contribution in [2.45, 2.75) is 45.9 Å². The normalized spacial score (nSPS) is 18.5. The van der Waals surface area contributed by atoms with Gasteiger partial charge in [-0.3, -0.25) is 0 Å². The SMILES string of the molecule is CC(C)(C)OC(=O)N1CCc2c(sc(N3CCOCC3)c2CN)C1. The fourth-order valence-corrected chi connectivity index (χ4v) is 4.61. The molecule has 7 heteroatoms. The lowest BCUT2D eigenvalue weighted by atomic mass is 10.0. The maximum Gasteiger partial charge on any atom is 0.410 e. The number of nitrogens with zero attached hydrogens (tertiary/aromatic N) is 2. The molecular formula is C17H27N3O3S. The minimum absolute atomic E-state index is 0.233. The van der Waals surface area contributed by atoms with E-state index in [2.05, 4.69) is 4.90 Å². The zero-order valence-corrected chi connectivity index (χ0v) is 15.6. The van der Waals surface area contributed by atoms with Gasteiger partial charge in [0, 0.05) is 36.6 Å². The Hall–Kier alpha value is -1.31. The molecule has 0 aliphatic carbocycles. The summed E-state index contributed by atoms with van der Waals surface area (Å²) in [6, 6.07) is 0. The summed E-state index contributed by atoms with van der Waals surface area (Å²) >= 11 is 1.77. The Kier molecular flexibility index (Phi) is 5.03. The van der Waals surface area contributed by atoms with E-state index in [0.29, 0.717) is 19.6 Å². The van der Waals surface area contributed by atoms with Crippen LogP contribution in [0, 0.1) is 0 Å². The average Bonchev–Trinajstić information content (AvgIpc) is 2.91. The molecule has 0 bridgehead atoms. The van der Waals surface area contributed by atoms with E-state index in [0.717, 1.165) is 32.7 Å². The fourth-order valence-electron chi connectivity index (χ4n) is 3.17. The summed E-state index contributed by atoms with van der Waals surface area (Å²) < 4.78 is 11.0. The van der Waals surface area contributed by atoms with Gasteiger partial charge in [-0.15, -0.1) is 11.3 Å². The van der Waals surface area contributed by atoms with Crippen LogP contribution in [0.25, 0.3) is 0 Å². The minimum Gasteiger partial charge on any atom is -0.444 e. The smallest absolute Gasteiger partial charge is 0.410 e. The first-order chi connectivity index (χ1) is 11.4. The first-order valence-electron chi connectivity index (χ1n) is 8.53. The van der Waals surface area contributed by atoms with Crippen LogP contribution in [0.4, 0.5) is 9.80 Å². The first kappa shape index (κ1) is 17.5. The van der Waals surface area contributed by atoms with Crippen LogP contribution in [-0.4, -0.2) is 49.4 Å². The Labute approximate surface area is 147 Å². The van der Waals surface area contributed by atoms with E-state index in [9.17, 15) is 4.79 Å². The molecule has 2 N–H and O–H groups in total. The van der Waals surface area contributed by atoms with E-state index < -0.39 is 5.60 Å². The number of thiophene rings is 1. The number of rotatable bonds is 2. The average molecular weight is 353 g/mol. The number of nitrogens with two attached hydrogens (primary N) is 1. The number of morpholine rings is 1. The van der Waals surface area contributed by atoms with Gasteiger partial charge in [0.05, 0.1) is 24.8 Å². The van der Waals surface area contributed by atoms with Crippen molar-refractivity contribution in [3.8, 4) is 0 Å². The molecule has 134 valence electrons. The zero-order chi connectivity index (χ0) is 17.3. The molecule has 1 aromatic rings. The van der Waals surface area contributed by atoms with Crippen LogP contribution < -0.4 is 10.6 Å². The van der Waals surface area contributed by atoms with Gasteiger partial charge in [0.1, 0.15) is 5.60 Å². The van der Waals surface area contributed by atoms with Gasteiger partial charge in [-0.25, -0.2) is 4.79 Å². The number of carbonyl (C=O) groups is 1. The molecule has 1 fully saturated rings. The van der Waals surface area contributed by atoms with E-state index in [1.54, 1.807) is 16.2 Å². The van der Waals surface area contributed by atoms with E-state index in [1.165, 1.54) is 21.0 Å². The number of hydrogen-bond donors (Lipinski definition) is 1. The van der Waals surface area contributed by atoms with E-state index in [4.69, 9.17) is 15.2 Å². The summed E-state index contributed by atoms with van der Waals surface area (Å²) in [7, 11) is 0. The third kappa shape index (κ3) is 3.68. The third-order valence-corrected chi connectivity index (χ3v) is 5.62. The predicted octanol–water partition coefficient (Wildman–Crippen LogP) is 2.34. The summed E-state index contributed by atoms with van der Waals surface area (Å²) in [5.41, 5.74) is 8.17. The van der Waals surface area contributed by atoms with E-state index >= 15 is 0 Å². The van der Waals surface area contributed by atoms with Crippen molar-refractivity contribution in [2.24, 2.45) is 5.73 Å². The van der Waals surface area contributed by atoms with Gasteiger partial charge in [-0.05, 0) is 32.8 Å². The zero-order valence-electron chi connectivity index (χ0n) is 14.8. The minimum atomic E-state index is -0.464. The highest BCUT2D eigenvalue weighted by Gasteiger charge is 2.30. The van der Waals surface area contributed by atoms with Gasteiger partial charge in [-0.2, -0.15) is 0 Å². The lowest BCUT2D eigenvalue weighted by Gasteiger charge is -2.30. The summed E-state index contributed by atoms with van der Waals surface area (Å²) in [5, 5.41) is 1.26. The van der Waals surface area contributed by atoms with Crippen molar-refractivity contribution in [3.05, 3.63) is 16.0 Å². The van der Waals surface area contributed by atoms with Crippen LogP contribution in [0.5, 0.6) is 0 Å². The maximum absolute atomic E-state index is 12.3. The lowest BCUT2D eigenvalue weighted by molar-refractivity contribution is 0.0226. The molecule has 0 atom stereocenters. The molecule has 0 aromatic carbocycles. The number of carbonyl (C=O) groups excluding carboxylic acids is 1. The van der Waals surface area contributed by atoms with Gasteiger partial charge in [0.15, 0.2) is 0 Å². The van der Waals surface area contributed by atoms with Crippen LogP contribution in [0.1, 0.15) is 36.8 Å². The molecule has 6 nitrogen and oxygen atoms in total. The second kappa shape index (κ2) is 6.90. The highest BCUT2D eigenvalue weighted by molar-refractivity contribution is 7.16. The highest BCUT2D eigenvalue weighted by Crippen LogP contribution is 2.39. The Bertz CT molecular complexity index is 603. The molecular weight excluding hydrogens is 326 g/mol. The fraction of sp³-hybridized carbons (Fsp3) is 0.706. The molecule has 1 aromatic heterocycles. The van der Waals surface area contributed by atoms with Crippen LogP contribution in [0.2, 0.25) is 0 Å². The molecule has 2 aliphatic heterocycles. The topological polar surface area (TPSA) is 68.0 Å². The molecule has 3 rings (SSSR count). The summed E-state index contributed by atoms with van der Waals surface area (Å²) in [4.78, 5) is 17.8. The molecule has 0 spiro atoms. The number of anilines is 1. The van der Waals surface area contributed by atoms with Crippen LogP contribution in [0.3, 0.4) is 0 Å². The number of hydrogen-bond acceptors (Lipinski definition) is 6. The molecule has 3 heterocycles. The first-order valence-corrected chi connectivity index (χ1v) is 9.35. The third-order valence-electron chi connectivity index (χ3n) is 4.30. The second-order valence-electron chi connectivity index (χ2n) is 7.24. The van der Waals surface area contributed by atoms with Crippen molar-refractivity contribution in [3.63, 3.8) is 0 Å². The predicted molar refractivity (Wildman–Crippen MR) is 95.6 cm³/mol.